The van der Waals surface area contributed by atoms with E-state index in [1.54, 1.807) is 0 Å². The second-order valence-electron chi connectivity index (χ2n) is 5.52. The van der Waals surface area contributed by atoms with Crippen LogP contribution in [0, 0.1) is 0 Å². The summed E-state index contributed by atoms with van der Waals surface area (Å²) >= 11 is 6.21. The van der Waals surface area contributed by atoms with Crippen LogP contribution in [0.4, 0.5) is 4.79 Å². The van der Waals surface area contributed by atoms with Gasteiger partial charge < -0.3 is 10.2 Å². The lowest BCUT2D eigenvalue weighted by Gasteiger charge is -2.36. The highest BCUT2D eigenvalue weighted by molar-refractivity contribution is 6.31. The van der Waals surface area contributed by atoms with Crippen molar-refractivity contribution >= 4 is 17.6 Å². The van der Waals surface area contributed by atoms with Crippen LogP contribution in [0.2, 0.25) is 5.02 Å². The molecule has 20 heavy (non-hydrogen) atoms. The molecule has 0 spiro atoms. The Morgan fingerprint density at radius 2 is 1.95 bits per heavy atom. The lowest BCUT2D eigenvalue weighted by molar-refractivity contribution is 0.132. The summed E-state index contributed by atoms with van der Waals surface area (Å²) < 4.78 is 0. The quantitative estimate of drug-likeness (QED) is 0.928. The minimum atomic E-state index is 0.106. The lowest BCUT2D eigenvalue weighted by Crippen LogP contribution is -2.45. The molecule has 2 aliphatic heterocycles. The zero-order valence-corrected chi connectivity index (χ0v) is 12.3. The van der Waals surface area contributed by atoms with E-state index in [1.165, 1.54) is 5.56 Å². The number of hydrogen-bond donors (Lipinski definition) is 1. The topological polar surface area (TPSA) is 35.6 Å². The Labute approximate surface area is 124 Å². The number of halogens is 1. The molecule has 1 aromatic carbocycles. The fourth-order valence-electron chi connectivity index (χ4n) is 3.09. The summed E-state index contributed by atoms with van der Waals surface area (Å²) in [4.78, 5) is 16.1. The molecule has 0 aliphatic carbocycles. The fourth-order valence-corrected chi connectivity index (χ4v) is 3.29. The predicted molar refractivity (Wildman–Crippen MR) is 79.9 cm³/mol. The molecule has 2 fully saturated rings. The van der Waals surface area contributed by atoms with Crippen LogP contribution in [0.1, 0.15) is 18.4 Å². The van der Waals surface area contributed by atoms with E-state index < -0.39 is 0 Å². The van der Waals surface area contributed by atoms with Gasteiger partial charge in [0.25, 0.3) is 0 Å². The first kappa shape index (κ1) is 13.7. The molecule has 1 aromatic rings. The van der Waals surface area contributed by atoms with Gasteiger partial charge in [0.05, 0.1) is 0 Å². The molecule has 3 rings (SSSR count). The number of nitrogens with zero attached hydrogens (tertiary/aromatic N) is 2. The monoisotopic (exact) mass is 293 g/mol. The molecule has 2 heterocycles. The molecule has 5 heteroatoms. The van der Waals surface area contributed by atoms with E-state index in [9.17, 15) is 4.79 Å². The molecule has 2 aliphatic rings. The molecule has 1 N–H and O–H groups in total. The SMILES string of the molecule is O=C1NCCN1C1CCN(Cc2ccccc2Cl)CC1. The van der Waals surface area contributed by atoms with Gasteiger partial charge >= 0.3 is 6.03 Å². The van der Waals surface area contributed by atoms with Crippen LogP contribution in [-0.4, -0.2) is 48.1 Å². The second-order valence-corrected chi connectivity index (χ2v) is 5.93. The zero-order valence-electron chi connectivity index (χ0n) is 11.5. The maximum Gasteiger partial charge on any atom is 0.317 e. The number of carbonyl (C=O) groups excluding carboxylic acids is 1. The molecule has 0 unspecified atom stereocenters. The molecule has 2 amide bonds. The smallest absolute Gasteiger partial charge is 0.317 e. The van der Waals surface area contributed by atoms with Crippen molar-refractivity contribution < 1.29 is 4.79 Å². The number of rotatable bonds is 3. The summed E-state index contributed by atoms with van der Waals surface area (Å²) in [6.45, 7) is 4.60. The van der Waals surface area contributed by atoms with Crippen LogP contribution >= 0.6 is 11.6 Å². The number of piperidine rings is 1. The standard InChI is InChI=1S/C15H20ClN3O/c16-14-4-2-1-3-12(14)11-18-8-5-13(6-9-18)19-10-7-17-15(19)20/h1-4,13H,5-11H2,(H,17,20). The molecule has 108 valence electrons. The van der Waals surface area contributed by atoms with E-state index in [1.807, 2.05) is 23.1 Å². The summed E-state index contributed by atoms with van der Waals surface area (Å²) in [5.74, 6) is 0. The number of hydrogen-bond acceptors (Lipinski definition) is 2. The average Bonchev–Trinajstić information content (AvgIpc) is 2.89. The predicted octanol–water partition coefficient (Wildman–Crippen LogP) is 2.33. The van der Waals surface area contributed by atoms with E-state index >= 15 is 0 Å². The van der Waals surface area contributed by atoms with Crippen molar-refractivity contribution in [2.45, 2.75) is 25.4 Å². The van der Waals surface area contributed by atoms with E-state index in [4.69, 9.17) is 11.6 Å². The highest BCUT2D eigenvalue weighted by Crippen LogP contribution is 2.22. The number of urea groups is 1. The van der Waals surface area contributed by atoms with Crippen LogP contribution < -0.4 is 5.32 Å². The zero-order chi connectivity index (χ0) is 13.9. The molecular weight excluding hydrogens is 274 g/mol. The van der Waals surface area contributed by atoms with Gasteiger partial charge in [0, 0.05) is 43.8 Å². The third kappa shape index (κ3) is 2.91. The molecule has 4 nitrogen and oxygen atoms in total. The van der Waals surface area contributed by atoms with Gasteiger partial charge in [-0.05, 0) is 24.5 Å². The van der Waals surface area contributed by atoms with Crippen molar-refractivity contribution in [3.63, 3.8) is 0 Å². The number of carbonyl (C=O) groups is 1. The van der Waals surface area contributed by atoms with E-state index in [0.717, 1.165) is 50.6 Å². The summed E-state index contributed by atoms with van der Waals surface area (Å²) in [7, 11) is 0. The normalized spacial score (nSPS) is 21.2. The average molecular weight is 294 g/mol. The van der Waals surface area contributed by atoms with Crippen molar-refractivity contribution in [1.82, 2.24) is 15.1 Å². The van der Waals surface area contributed by atoms with Crippen molar-refractivity contribution in [3.8, 4) is 0 Å². The molecular formula is C15H20ClN3O. The summed E-state index contributed by atoms with van der Waals surface area (Å²) in [6.07, 6.45) is 2.11. The first-order valence-corrected chi connectivity index (χ1v) is 7.62. The fraction of sp³-hybridized carbons (Fsp3) is 0.533. The van der Waals surface area contributed by atoms with Crippen LogP contribution in [0.15, 0.2) is 24.3 Å². The van der Waals surface area contributed by atoms with Crippen molar-refractivity contribution in [1.29, 1.82) is 0 Å². The lowest BCUT2D eigenvalue weighted by atomic mass is 10.0. The van der Waals surface area contributed by atoms with Crippen molar-refractivity contribution in [2.24, 2.45) is 0 Å². The molecule has 2 saturated heterocycles. The van der Waals surface area contributed by atoms with Gasteiger partial charge in [0.15, 0.2) is 0 Å². The van der Waals surface area contributed by atoms with Crippen molar-refractivity contribution in [2.75, 3.05) is 26.2 Å². The van der Waals surface area contributed by atoms with Gasteiger partial charge in [-0.2, -0.15) is 0 Å². The maximum atomic E-state index is 11.7. The van der Waals surface area contributed by atoms with Gasteiger partial charge in [-0.3, -0.25) is 4.90 Å². The van der Waals surface area contributed by atoms with Gasteiger partial charge in [-0.25, -0.2) is 4.79 Å². The highest BCUT2D eigenvalue weighted by Gasteiger charge is 2.30. The van der Waals surface area contributed by atoms with E-state index in [0.29, 0.717) is 6.04 Å². The molecule has 0 aromatic heterocycles. The number of amides is 2. The number of likely N-dealkylation sites (tertiary alicyclic amines) is 1. The van der Waals surface area contributed by atoms with Gasteiger partial charge in [-0.15, -0.1) is 0 Å². The molecule has 0 bridgehead atoms. The molecule has 0 atom stereocenters. The first-order valence-electron chi connectivity index (χ1n) is 7.24. The Morgan fingerprint density at radius 3 is 2.60 bits per heavy atom. The van der Waals surface area contributed by atoms with Gasteiger partial charge in [0.2, 0.25) is 0 Å². The third-order valence-corrected chi connectivity index (χ3v) is 4.61. The number of nitrogens with one attached hydrogen (secondary N) is 1. The Morgan fingerprint density at radius 1 is 1.20 bits per heavy atom. The van der Waals surface area contributed by atoms with Crippen LogP contribution in [0.5, 0.6) is 0 Å². The van der Waals surface area contributed by atoms with Crippen LogP contribution in [-0.2, 0) is 6.54 Å². The van der Waals surface area contributed by atoms with Crippen molar-refractivity contribution in [3.05, 3.63) is 34.9 Å². The second kappa shape index (κ2) is 6.02. The Balaban J connectivity index is 1.54. The largest absolute Gasteiger partial charge is 0.336 e. The molecule has 0 saturated carbocycles. The molecule has 0 radical (unpaired) electrons. The van der Waals surface area contributed by atoms with Crippen LogP contribution in [0.25, 0.3) is 0 Å². The van der Waals surface area contributed by atoms with Gasteiger partial charge in [-0.1, -0.05) is 29.8 Å². The minimum absolute atomic E-state index is 0.106. The Hall–Kier alpha value is -1.26. The maximum absolute atomic E-state index is 11.7. The summed E-state index contributed by atoms with van der Waals surface area (Å²) in [5, 5.41) is 3.72. The van der Waals surface area contributed by atoms with Gasteiger partial charge in [0.1, 0.15) is 0 Å². The van der Waals surface area contributed by atoms with Crippen LogP contribution in [0.3, 0.4) is 0 Å². The summed E-state index contributed by atoms with van der Waals surface area (Å²) in [5.41, 5.74) is 1.19. The number of benzene rings is 1. The Kier molecular flexibility index (Phi) is 4.13. The first-order chi connectivity index (χ1) is 9.74. The summed E-state index contributed by atoms with van der Waals surface area (Å²) in [6, 6.07) is 8.53. The Bertz CT molecular complexity index is 486. The third-order valence-electron chi connectivity index (χ3n) is 4.24. The highest BCUT2D eigenvalue weighted by atomic mass is 35.5. The van der Waals surface area contributed by atoms with E-state index in [-0.39, 0.29) is 6.03 Å². The van der Waals surface area contributed by atoms with E-state index in [2.05, 4.69) is 16.3 Å². The minimum Gasteiger partial charge on any atom is -0.336 e.